The molecule has 0 radical (unpaired) electrons. The van der Waals surface area contributed by atoms with Crippen molar-refractivity contribution >= 4 is 11.8 Å². The summed E-state index contributed by atoms with van der Waals surface area (Å²) in [5.74, 6) is -0.199. The van der Waals surface area contributed by atoms with Gasteiger partial charge in [-0.2, -0.15) is 0 Å². The molecule has 1 aromatic rings. The minimum absolute atomic E-state index is 0.0814. The van der Waals surface area contributed by atoms with Gasteiger partial charge >= 0.3 is 0 Å². The summed E-state index contributed by atoms with van der Waals surface area (Å²) in [4.78, 5) is 27.2. The highest BCUT2D eigenvalue weighted by Crippen LogP contribution is 2.05. The first-order valence-corrected chi connectivity index (χ1v) is 6.41. The van der Waals surface area contributed by atoms with Crippen LogP contribution in [0.15, 0.2) is 18.3 Å². The van der Waals surface area contributed by atoms with Crippen LogP contribution in [0.25, 0.3) is 0 Å². The fourth-order valence-corrected chi connectivity index (χ4v) is 2.00. The quantitative estimate of drug-likeness (QED) is 0.673. The molecule has 1 aliphatic rings. The van der Waals surface area contributed by atoms with Crippen molar-refractivity contribution in [1.82, 2.24) is 20.9 Å². The number of rotatable bonds is 4. The van der Waals surface area contributed by atoms with E-state index in [0.29, 0.717) is 13.1 Å². The molecule has 6 nitrogen and oxygen atoms in total. The number of aryl methyl sites for hydroxylation is 1. The molecule has 102 valence electrons. The number of hydrogen-bond acceptors (Lipinski definition) is 4. The van der Waals surface area contributed by atoms with E-state index in [0.717, 1.165) is 17.7 Å². The van der Waals surface area contributed by atoms with Crippen LogP contribution in [0.1, 0.15) is 18.2 Å². The standard InChI is InChI=1S/C13H18N4O2/c1-2-9-4-3-5-14-10(9)6-17-13(19)11-7-16-12(18)8-15-11/h3-5,11,15H,2,6-8H2,1H3,(H,16,18)(H,17,19). The Morgan fingerprint density at radius 1 is 1.58 bits per heavy atom. The van der Waals surface area contributed by atoms with Gasteiger partial charge in [0.25, 0.3) is 0 Å². The summed E-state index contributed by atoms with van der Waals surface area (Å²) in [6.07, 6.45) is 2.61. The summed E-state index contributed by atoms with van der Waals surface area (Å²) in [6.45, 7) is 2.98. The molecule has 2 amide bonds. The number of nitrogens with one attached hydrogen (secondary N) is 3. The Bertz CT molecular complexity index is 465. The van der Waals surface area contributed by atoms with E-state index in [2.05, 4.69) is 27.9 Å². The molecule has 1 aromatic heterocycles. The Labute approximate surface area is 112 Å². The maximum Gasteiger partial charge on any atom is 0.239 e. The lowest BCUT2D eigenvalue weighted by Crippen LogP contribution is -2.57. The van der Waals surface area contributed by atoms with Crippen molar-refractivity contribution in [2.45, 2.75) is 25.9 Å². The molecule has 3 N–H and O–H groups in total. The fraction of sp³-hybridized carbons (Fsp3) is 0.462. The summed E-state index contributed by atoms with van der Waals surface area (Å²) >= 11 is 0. The van der Waals surface area contributed by atoms with Crippen LogP contribution in [0.4, 0.5) is 0 Å². The van der Waals surface area contributed by atoms with Gasteiger partial charge in [0.05, 0.1) is 18.8 Å². The SMILES string of the molecule is CCc1cccnc1CNC(=O)C1CNC(=O)CN1. The molecule has 1 aliphatic heterocycles. The molecule has 1 atom stereocenters. The maximum atomic E-state index is 11.9. The van der Waals surface area contributed by atoms with E-state index in [1.165, 1.54) is 0 Å². The molecule has 2 heterocycles. The molecule has 19 heavy (non-hydrogen) atoms. The number of pyridine rings is 1. The third-order valence-corrected chi connectivity index (χ3v) is 3.12. The van der Waals surface area contributed by atoms with Crippen LogP contribution in [0.2, 0.25) is 0 Å². The Morgan fingerprint density at radius 3 is 3.11 bits per heavy atom. The third-order valence-electron chi connectivity index (χ3n) is 3.12. The summed E-state index contributed by atoms with van der Waals surface area (Å²) in [6, 6.07) is 3.53. The predicted octanol–water partition coefficient (Wildman–Crippen LogP) is -0.652. The second-order valence-corrected chi connectivity index (χ2v) is 4.42. The number of piperazine rings is 1. The van der Waals surface area contributed by atoms with Crippen LogP contribution in [0.5, 0.6) is 0 Å². The Morgan fingerprint density at radius 2 is 2.42 bits per heavy atom. The van der Waals surface area contributed by atoms with E-state index >= 15 is 0 Å². The van der Waals surface area contributed by atoms with Gasteiger partial charge in [0, 0.05) is 12.7 Å². The maximum absolute atomic E-state index is 11.9. The van der Waals surface area contributed by atoms with E-state index in [9.17, 15) is 9.59 Å². The molecule has 1 unspecified atom stereocenters. The lowest BCUT2D eigenvalue weighted by atomic mass is 10.1. The van der Waals surface area contributed by atoms with Crippen LogP contribution >= 0.6 is 0 Å². The highest BCUT2D eigenvalue weighted by atomic mass is 16.2. The van der Waals surface area contributed by atoms with Gasteiger partial charge in [-0.3, -0.25) is 19.9 Å². The monoisotopic (exact) mass is 262 g/mol. The molecule has 0 aliphatic carbocycles. The summed E-state index contributed by atoms with van der Waals surface area (Å²) < 4.78 is 0. The first-order valence-electron chi connectivity index (χ1n) is 6.41. The van der Waals surface area contributed by atoms with E-state index in [1.807, 2.05) is 12.1 Å². The fourth-order valence-electron chi connectivity index (χ4n) is 2.00. The predicted molar refractivity (Wildman–Crippen MR) is 70.3 cm³/mol. The third kappa shape index (κ3) is 3.51. The number of carbonyl (C=O) groups is 2. The van der Waals surface area contributed by atoms with Crippen LogP contribution in [0.3, 0.4) is 0 Å². The minimum Gasteiger partial charge on any atom is -0.353 e. The number of aromatic nitrogens is 1. The minimum atomic E-state index is -0.369. The average molecular weight is 262 g/mol. The van der Waals surface area contributed by atoms with Crippen molar-refractivity contribution in [2.24, 2.45) is 0 Å². The second-order valence-electron chi connectivity index (χ2n) is 4.42. The Hall–Kier alpha value is -1.95. The largest absolute Gasteiger partial charge is 0.353 e. The van der Waals surface area contributed by atoms with Crippen LogP contribution in [-0.4, -0.2) is 35.9 Å². The van der Waals surface area contributed by atoms with Crippen molar-refractivity contribution in [3.63, 3.8) is 0 Å². The average Bonchev–Trinajstić information content (AvgIpc) is 2.45. The van der Waals surface area contributed by atoms with Gasteiger partial charge in [-0.05, 0) is 18.1 Å². The zero-order valence-corrected chi connectivity index (χ0v) is 10.9. The molecule has 6 heteroatoms. The zero-order valence-electron chi connectivity index (χ0n) is 10.9. The van der Waals surface area contributed by atoms with Gasteiger partial charge in [-0.15, -0.1) is 0 Å². The molecular weight excluding hydrogens is 244 g/mol. The smallest absolute Gasteiger partial charge is 0.239 e. The summed E-state index contributed by atoms with van der Waals surface area (Å²) in [7, 11) is 0. The van der Waals surface area contributed by atoms with Gasteiger partial charge in [-0.1, -0.05) is 13.0 Å². The van der Waals surface area contributed by atoms with Crippen molar-refractivity contribution in [1.29, 1.82) is 0 Å². The number of nitrogens with zero attached hydrogens (tertiary/aromatic N) is 1. The first kappa shape index (κ1) is 13.5. The van der Waals surface area contributed by atoms with Gasteiger partial charge in [-0.25, -0.2) is 0 Å². The Kier molecular flexibility index (Phi) is 4.46. The van der Waals surface area contributed by atoms with Crippen molar-refractivity contribution in [3.8, 4) is 0 Å². The number of carbonyl (C=O) groups excluding carboxylic acids is 2. The van der Waals surface area contributed by atoms with E-state index < -0.39 is 0 Å². The van der Waals surface area contributed by atoms with E-state index in [1.54, 1.807) is 6.20 Å². The number of amides is 2. The number of hydrogen-bond donors (Lipinski definition) is 3. The van der Waals surface area contributed by atoms with Gasteiger partial charge in [0.2, 0.25) is 11.8 Å². The van der Waals surface area contributed by atoms with E-state index in [-0.39, 0.29) is 24.4 Å². The van der Waals surface area contributed by atoms with Gasteiger partial charge < -0.3 is 10.6 Å². The van der Waals surface area contributed by atoms with Crippen LogP contribution < -0.4 is 16.0 Å². The molecular formula is C13H18N4O2. The van der Waals surface area contributed by atoms with E-state index in [4.69, 9.17) is 0 Å². The van der Waals surface area contributed by atoms with Crippen LogP contribution in [0, 0.1) is 0 Å². The Balaban J connectivity index is 1.88. The topological polar surface area (TPSA) is 83.1 Å². The molecule has 0 bridgehead atoms. The molecule has 0 aromatic carbocycles. The molecule has 1 fully saturated rings. The van der Waals surface area contributed by atoms with Gasteiger partial charge in [0.15, 0.2) is 0 Å². The van der Waals surface area contributed by atoms with Crippen molar-refractivity contribution in [2.75, 3.05) is 13.1 Å². The second kappa shape index (κ2) is 6.29. The zero-order chi connectivity index (χ0) is 13.7. The molecule has 1 saturated heterocycles. The normalized spacial score (nSPS) is 18.8. The summed E-state index contributed by atoms with van der Waals surface area (Å²) in [5.41, 5.74) is 2.02. The summed E-state index contributed by atoms with van der Waals surface area (Å²) in [5, 5.41) is 8.39. The first-order chi connectivity index (χ1) is 9.20. The van der Waals surface area contributed by atoms with Gasteiger partial charge in [0.1, 0.15) is 6.04 Å². The highest BCUT2D eigenvalue weighted by molar-refractivity contribution is 5.86. The van der Waals surface area contributed by atoms with Crippen LogP contribution in [-0.2, 0) is 22.6 Å². The molecule has 0 saturated carbocycles. The van der Waals surface area contributed by atoms with Crippen molar-refractivity contribution in [3.05, 3.63) is 29.6 Å². The lowest BCUT2D eigenvalue weighted by Gasteiger charge is -2.23. The molecule has 0 spiro atoms. The highest BCUT2D eigenvalue weighted by Gasteiger charge is 2.23. The molecule has 2 rings (SSSR count). The van der Waals surface area contributed by atoms with Crippen molar-refractivity contribution < 1.29 is 9.59 Å². The lowest BCUT2D eigenvalue weighted by molar-refractivity contribution is -0.126.